The first kappa shape index (κ1) is 28.7. The van der Waals surface area contributed by atoms with Crippen LogP contribution in [-0.2, 0) is 10.2 Å². The molecule has 0 radical (unpaired) electrons. The van der Waals surface area contributed by atoms with Crippen LogP contribution in [0.2, 0.25) is 0 Å². The summed E-state index contributed by atoms with van der Waals surface area (Å²) >= 11 is 2.16. The predicted octanol–water partition coefficient (Wildman–Crippen LogP) is 6.94. The van der Waals surface area contributed by atoms with Crippen LogP contribution in [0.4, 0.5) is 5.69 Å². The van der Waals surface area contributed by atoms with Gasteiger partial charge in [-0.15, -0.1) is 0 Å². The highest BCUT2D eigenvalue weighted by Crippen LogP contribution is 2.60. The van der Waals surface area contributed by atoms with E-state index >= 15 is 0 Å². The Morgan fingerprint density at radius 2 is 1.64 bits per heavy atom. The van der Waals surface area contributed by atoms with Crippen molar-refractivity contribution in [1.29, 1.82) is 0 Å². The molecule has 0 aliphatic heterocycles. The van der Waals surface area contributed by atoms with Gasteiger partial charge in [0.1, 0.15) is 0 Å². The molecule has 0 aromatic heterocycles. The Hall–Kier alpha value is -3.40. The van der Waals surface area contributed by atoms with E-state index in [0.29, 0.717) is 29.1 Å². The molecule has 2 amide bonds. The lowest BCUT2D eigenvalue weighted by Gasteiger charge is -2.57. The van der Waals surface area contributed by atoms with E-state index in [9.17, 15) is 9.59 Å². The molecule has 4 aliphatic carbocycles. The summed E-state index contributed by atoms with van der Waals surface area (Å²) in [6, 6.07) is 21.1. The second-order valence-electron chi connectivity index (χ2n) is 12.0. The molecular formula is C34H36IN3O4. The molecule has 4 fully saturated rings. The number of anilines is 1. The Kier molecular flexibility index (Phi) is 8.51. The van der Waals surface area contributed by atoms with Crippen molar-refractivity contribution in [3.63, 3.8) is 0 Å². The van der Waals surface area contributed by atoms with Crippen LogP contribution < -0.4 is 20.2 Å². The lowest BCUT2D eigenvalue weighted by molar-refractivity contribution is -0.118. The minimum Gasteiger partial charge on any atom is -0.490 e. The van der Waals surface area contributed by atoms with Crippen molar-refractivity contribution in [3.8, 4) is 11.5 Å². The summed E-state index contributed by atoms with van der Waals surface area (Å²) in [6.07, 6.45) is 9.81. The highest BCUT2D eigenvalue weighted by Gasteiger charge is 2.51. The van der Waals surface area contributed by atoms with Gasteiger partial charge >= 0.3 is 0 Å². The van der Waals surface area contributed by atoms with Crippen LogP contribution in [0.15, 0.2) is 71.8 Å². The third kappa shape index (κ3) is 6.48. The molecule has 0 saturated heterocycles. The van der Waals surface area contributed by atoms with E-state index in [-0.39, 0.29) is 18.4 Å². The van der Waals surface area contributed by atoms with Gasteiger partial charge in [0, 0.05) is 14.8 Å². The number of carbonyl (C=O) groups is 2. The largest absolute Gasteiger partial charge is 0.490 e. The van der Waals surface area contributed by atoms with Crippen molar-refractivity contribution in [2.45, 2.75) is 50.9 Å². The van der Waals surface area contributed by atoms with Gasteiger partial charge in [-0.25, -0.2) is 5.43 Å². The van der Waals surface area contributed by atoms with Crippen molar-refractivity contribution >= 4 is 46.3 Å². The van der Waals surface area contributed by atoms with Crippen LogP contribution in [-0.4, -0.2) is 31.2 Å². The summed E-state index contributed by atoms with van der Waals surface area (Å²) in [6.45, 7) is 2.17. The molecule has 218 valence electrons. The van der Waals surface area contributed by atoms with Gasteiger partial charge in [-0.05, 0) is 151 Å². The summed E-state index contributed by atoms with van der Waals surface area (Å²) in [5.74, 6) is 3.15. The fraction of sp³-hybridized carbons (Fsp3) is 0.382. The Bertz CT molecular complexity index is 1450. The third-order valence-electron chi connectivity index (χ3n) is 8.91. The predicted molar refractivity (Wildman–Crippen MR) is 172 cm³/mol. The number of nitrogens with zero attached hydrogens (tertiary/aromatic N) is 1. The Morgan fingerprint density at radius 3 is 2.31 bits per heavy atom. The molecule has 4 saturated carbocycles. The molecule has 8 heteroatoms. The van der Waals surface area contributed by atoms with E-state index in [0.717, 1.165) is 32.6 Å². The monoisotopic (exact) mass is 677 g/mol. The van der Waals surface area contributed by atoms with Crippen LogP contribution in [0.5, 0.6) is 11.5 Å². The average Bonchev–Trinajstić information content (AvgIpc) is 2.96. The van der Waals surface area contributed by atoms with Crippen LogP contribution in [0.3, 0.4) is 0 Å². The van der Waals surface area contributed by atoms with E-state index in [1.807, 2.05) is 31.2 Å². The molecule has 0 atom stereocenters. The minimum absolute atomic E-state index is 0.143. The second kappa shape index (κ2) is 12.5. The molecule has 7 nitrogen and oxygen atoms in total. The van der Waals surface area contributed by atoms with E-state index < -0.39 is 0 Å². The SMILES string of the molecule is CCOc1cc(/C=N\NC(=O)c2cccc(I)c2)ccc1OCC(=O)Nc1ccc(C23CC4CC(CC(C4)C2)C3)cc1. The first-order valence-corrected chi connectivity index (χ1v) is 15.9. The van der Waals surface area contributed by atoms with Gasteiger partial charge in [0.2, 0.25) is 0 Å². The minimum atomic E-state index is -0.289. The fourth-order valence-electron chi connectivity index (χ4n) is 7.56. The molecule has 3 aromatic rings. The summed E-state index contributed by atoms with van der Waals surface area (Å²) < 4.78 is 12.5. The van der Waals surface area contributed by atoms with Crippen LogP contribution >= 0.6 is 22.6 Å². The maximum atomic E-state index is 12.7. The van der Waals surface area contributed by atoms with Gasteiger partial charge < -0.3 is 14.8 Å². The standard InChI is InChI=1S/C34H36IN3O4/c1-2-41-31-15-22(20-36-38-33(40)26-4-3-5-28(35)16-26)6-11-30(31)42-21-32(39)37-29-9-7-27(8-10-29)34-17-23-12-24(18-34)14-25(13-23)19-34/h3-11,15-16,20,23-25H,2,12-14,17-19,21H2,1H3,(H,37,39)(H,38,40)/b36-20-. The summed E-state index contributed by atoms with van der Waals surface area (Å²) in [4.78, 5) is 25.1. The lowest BCUT2D eigenvalue weighted by atomic mass is 9.48. The zero-order valence-corrected chi connectivity index (χ0v) is 25.9. The number of hydrazone groups is 1. The molecular weight excluding hydrogens is 641 g/mol. The molecule has 3 aromatic carbocycles. The summed E-state index contributed by atoms with van der Waals surface area (Å²) in [5.41, 5.74) is 6.36. The second-order valence-corrected chi connectivity index (χ2v) is 13.2. The zero-order valence-electron chi connectivity index (χ0n) is 23.8. The maximum Gasteiger partial charge on any atom is 0.271 e. The van der Waals surface area contributed by atoms with Crippen molar-refractivity contribution in [2.75, 3.05) is 18.5 Å². The van der Waals surface area contributed by atoms with Gasteiger partial charge in [-0.3, -0.25) is 9.59 Å². The number of hydrogen-bond acceptors (Lipinski definition) is 5. The van der Waals surface area contributed by atoms with Gasteiger partial charge in [-0.2, -0.15) is 5.10 Å². The third-order valence-corrected chi connectivity index (χ3v) is 9.58. The van der Waals surface area contributed by atoms with Crippen molar-refractivity contribution < 1.29 is 19.1 Å². The van der Waals surface area contributed by atoms with Gasteiger partial charge in [0.25, 0.3) is 11.8 Å². The first-order valence-electron chi connectivity index (χ1n) is 14.8. The molecule has 0 unspecified atom stereocenters. The molecule has 0 heterocycles. The number of carbonyl (C=O) groups excluding carboxylic acids is 2. The average molecular weight is 678 g/mol. The fourth-order valence-corrected chi connectivity index (χ4v) is 8.11. The number of rotatable bonds is 10. The van der Waals surface area contributed by atoms with E-state index in [1.165, 1.54) is 50.3 Å². The Labute approximate surface area is 260 Å². The quantitative estimate of drug-likeness (QED) is 0.138. The molecule has 4 bridgehead atoms. The van der Waals surface area contributed by atoms with Gasteiger partial charge in [0.15, 0.2) is 18.1 Å². The highest BCUT2D eigenvalue weighted by atomic mass is 127. The molecule has 4 aliphatic rings. The number of halogens is 1. The summed E-state index contributed by atoms with van der Waals surface area (Å²) in [7, 11) is 0. The van der Waals surface area contributed by atoms with Crippen LogP contribution in [0.25, 0.3) is 0 Å². The van der Waals surface area contributed by atoms with E-state index in [4.69, 9.17) is 9.47 Å². The topological polar surface area (TPSA) is 89.0 Å². The molecule has 0 spiro atoms. The zero-order chi connectivity index (χ0) is 29.1. The number of amides is 2. The number of nitrogens with one attached hydrogen (secondary N) is 2. The Morgan fingerprint density at radius 1 is 0.929 bits per heavy atom. The Balaban J connectivity index is 1.03. The maximum absolute atomic E-state index is 12.7. The van der Waals surface area contributed by atoms with Crippen molar-refractivity contribution in [1.82, 2.24) is 5.43 Å². The van der Waals surface area contributed by atoms with Gasteiger partial charge in [-0.1, -0.05) is 18.2 Å². The normalized spacial score (nSPS) is 24.0. The molecule has 7 rings (SSSR count). The molecule has 2 N–H and O–H groups in total. The van der Waals surface area contributed by atoms with Crippen LogP contribution in [0.1, 0.15) is 66.9 Å². The van der Waals surface area contributed by atoms with E-state index in [1.54, 1.807) is 30.3 Å². The lowest BCUT2D eigenvalue weighted by Crippen LogP contribution is -2.48. The van der Waals surface area contributed by atoms with Gasteiger partial charge in [0.05, 0.1) is 12.8 Å². The summed E-state index contributed by atoms with van der Waals surface area (Å²) in [5, 5.41) is 7.04. The number of benzene rings is 3. The number of hydrogen-bond donors (Lipinski definition) is 2. The first-order chi connectivity index (χ1) is 20.4. The van der Waals surface area contributed by atoms with Crippen molar-refractivity contribution in [3.05, 3.63) is 87.0 Å². The smallest absolute Gasteiger partial charge is 0.271 e. The van der Waals surface area contributed by atoms with E-state index in [2.05, 4.69) is 50.6 Å². The molecule has 42 heavy (non-hydrogen) atoms. The highest BCUT2D eigenvalue weighted by molar-refractivity contribution is 14.1. The number of ether oxygens (including phenoxy) is 2. The van der Waals surface area contributed by atoms with Crippen molar-refractivity contribution in [2.24, 2.45) is 22.9 Å². The van der Waals surface area contributed by atoms with Crippen LogP contribution in [0, 0.1) is 21.3 Å².